The number of nitrogens with two attached hydrogens (primary N) is 1. The first-order chi connectivity index (χ1) is 9.05. The number of anilines is 1. The van der Waals surface area contributed by atoms with Crippen LogP contribution in [0.15, 0.2) is 21.5 Å². The van der Waals surface area contributed by atoms with Crippen molar-refractivity contribution in [1.82, 2.24) is 4.72 Å². The third-order valence-electron chi connectivity index (χ3n) is 3.85. The van der Waals surface area contributed by atoms with Gasteiger partial charge in [0.1, 0.15) is 10.7 Å². The number of benzene rings is 1. The first-order valence-corrected chi connectivity index (χ1v) is 8.28. The standard InChI is InChI=1S/C12H16BrFN2O3S/c1-12(2)10(5-11(12)17)16-20(18,19)9-4-8(15)6(13)3-7(9)14/h3-4,10-11,16-17H,5,15H2,1-2H3. The molecule has 2 rings (SSSR count). The molecule has 0 radical (unpaired) electrons. The van der Waals surface area contributed by atoms with Gasteiger partial charge in [-0.15, -0.1) is 0 Å². The second-order valence-corrected chi connectivity index (χ2v) is 8.09. The van der Waals surface area contributed by atoms with Crippen molar-refractivity contribution in [2.45, 2.75) is 37.3 Å². The fourth-order valence-corrected chi connectivity index (χ4v) is 3.92. The van der Waals surface area contributed by atoms with Crippen molar-refractivity contribution in [1.29, 1.82) is 0 Å². The average Bonchev–Trinajstić information content (AvgIpc) is 2.33. The molecule has 4 N–H and O–H groups in total. The second-order valence-electron chi connectivity index (χ2n) is 5.55. The lowest BCUT2D eigenvalue weighted by Crippen LogP contribution is -2.61. The van der Waals surface area contributed by atoms with Gasteiger partial charge in [-0.05, 0) is 34.5 Å². The molecule has 1 aliphatic rings. The Bertz CT molecular complexity index is 648. The summed E-state index contributed by atoms with van der Waals surface area (Å²) < 4.78 is 41.0. The normalized spacial score (nSPS) is 25.2. The first kappa shape index (κ1) is 15.7. The van der Waals surface area contributed by atoms with Crippen LogP contribution >= 0.6 is 15.9 Å². The van der Waals surface area contributed by atoms with Crippen LogP contribution in [-0.2, 0) is 10.0 Å². The lowest BCUT2D eigenvalue weighted by Gasteiger charge is -2.49. The van der Waals surface area contributed by atoms with Gasteiger partial charge >= 0.3 is 0 Å². The summed E-state index contributed by atoms with van der Waals surface area (Å²) in [5.41, 5.74) is 5.15. The summed E-state index contributed by atoms with van der Waals surface area (Å²) in [5, 5.41) is 9.61. The molecule has 0 aromatic heterocycles. The second kappa shape index (κ2) is 4.94. The molecule has 1 fully saturated rings. The number of sulfonamides is 1. The van der Waals surface area contributed by atoms with Crippen molar-refractivity contribution in [2.24, 2.45) is 5.41 Å². The molecule has 1 aliphatic carbocycles. The van der Waals surface area contributed by atoms with E-state index >= 15 is 0 Å². The van der Waals surface area contributed by atoms with E-state index in [9.17, 15) is 17.9 Å². The minimum absolute atomic E-state index is 0.139. The SMILES string of the molecule is CC1(C)C(O)CC1NS(=O)(=O)c1cc(N)c(Br)cc1F. The van der Waals surface area contributed by atoms with Gasteiger partial charge in [-0.1, -0.05) is 13.8 Å². The first-order valence-electron chi connectivity index (χ1n) is 6.00. The van der Waals surface area contributed by atoms with Gasteiger partial charge < -0.3 is 10.8 Å². The van der Waals surface area contributed by atoms with Crippen molar-refractivity contribution in [2.75, 3.05) is 5.73 Å². The number of hydrogen-bond donors (Lipinski definition) is 3. The van der Waals surface area contributed by atoms with Gasteiger partial charge in [-0.25, -0.2) is 17.5 Å². The molecule has 8 heteroatoms. The maximum absolute atomic E-state index is 13.8. The molecule has 0 spiro atoms. The fraction of sp³-hybridized carbons (Fsp3) is 0.500. The summed E-state index contributed by atoms with van der Waals surface area (Å²) in [6.07, 6.45) is -0.269. The Balaban J connectivity index is 2.31. The topological polar surface area (TPSA) is 92.4 Å². The van der Waals surface area contributed by atoms with E-state index in [0.29, 0.717) is 10.9 Å². The van der Waals surface area contributed by atoms with E-state index in [0.717, 1.165) is 12.1 Å². The lowest BCUT2D eigenvalue weighted by molar-refractivity contribution is -0.0645. The fourth-order valence-electron chi connectivity index (χ4n) is 2.10. The van der Waals surface area contributed by atoms with Crippen LogP contribution in [0.4, 0.5) is 10.1 Å². The van der Waals surface area contributed by atoms with Crippen LogP contribution < -0.4 is 10.5 Å². The predicted molar refractivity (Wildman–Crippen MR) is 77.0 cm³/mol. The molecule has 0 bridgehead atoms. The van der Waals surface area contributed by atoms with E-state index in [4.69, 9.17) is 5.73 Å². The van der Waals surface area contributed by atoms with Gasteiger partial charge in [0.25, 0.3) is 0 Å². The van der Waals surface area contributed by atoms with Crippen molar-refractivity contribution in [3.8, 4) is 0 Å². The van der Waals surface area contributed by atoms with Gasteiger partial charge in [0.15, 0.2) is 0 Å². The minimum atomic E-state index is -4.02. The number of aliphatic hydroxyl groups is 1. The highest BCUT2D eigenvalue weighted by molar-refractivity contribution is 9.10. The Hall–Kier alpha value is -0.700. The zero-order valence-electron chi connectivity index (χ0n) is 11.0. The van der Waals surface area contributed by atoms with E-state index in [1.807, 2.05) is 0 Å². The van der Waals surface area contributed by atoms with Gasteiger partial charge in [0.05, 0.1) is 6.10 Å². The molecular formula is C12H16BrFN2O3S. The molecule has 1 aromatic carbocycles. The van der Waals surface area contributed by atoms with E-state index < -0.39 is 38.3 Å². The summed E-state index contributed by atoms with van der Waals surface area (Å²) in [6.45, 7) is 3.50. The predicted octanol–water partition coefficient (Wildman–Crippen LogP) is 1.61. The molecule has 1 aromatic rings. The van der Waals surface area contributed by atoms with Crippen LogP contribution in [-0.4, -0.2) is 25.7 Å². The zero-order valence-corrected chi connectivity index (χ0v) is 13.4. The largest absolute Gasteiger partial charge is 0.398 e. The Labute approximate surface area is 125 Å². The third-order valence-corrected chi connectivity index (χ3v) is 6.03. The third kappa shape index (κ3) is 2.57. The Morgan fingerprint density at radius 3 is 2.60 bits per heavy atom. The van der Waals surface area contributed by atoms with Gasteiger partial charge in [0.2, 0.25) is 10.0 Å². The number of halogens is 2. The molecule has 112 valence electrons. The number of hydrogen-bond acceptors (Lipinski definition) is 4. The van der Waals surface area contributed by atoms with Crippen LogP contribution in [0.2, 0.25) is 0 Å². The summed E-state index contributed by atoms with van der Waals surface area (Å²) in [5.74, 6) is -0.878. The average molecular weight is 367 g/mol. The Morgan fingerprint density at radius 1 is 1.50 bits per heavy atom. The summed E-state index contributed by atoms with van der Waals surface area (Å²) in [4.78, 5) is -0.490. The van der Waals surface area contributed by atoms with Crippen LogP contribution in [0.25, 0.3) is 0 Å². The highest BCUT2D eigenvalue weighted by atomic mass is 79.9. The van der Waals surface area contributed by atoms with Gasteiger partial charge in [-0.2, -0.15) is 0 Å². The highest BCUT2D eigenvalue weighted by Crippen LogP contribution is 2.41. The quantitative estimate of drug-likeness (QED) is 0.708. The molecule has 2 atom stereocenters. The van der Waals surface area contributed by atoms with E-state index in [1.165, 1.54) is 0 Å². The molecule has 1 saturated carbocycles. The van der Waals surface area contributed by atoms with Gasteiger partial charge in [0, 0.05) is 21.6 Å². The van der Waals surface area contributed by atoms with Crippen molar-refractivity contribution in [3.05, 3.63) is 22.4 Å². The number of rotatable bonds is 3. The van der Waals surface area contributed by atoms with Crippen molar-refractivity contribution < 1.29 is 17.9 Å². The molecule has 0 saturated heterocycles. The smallest absolute Gasteiger partial charge is 0.243 e. The Morgan fingerprint density at radius 2 is 2.10 bits per heavy atom. The summed E-state index contributed by atoms with van der Waals surface area (Å²) in [6, 6.07) is 1.65. The number of nitrogens with one attached hydrogen (secondary N) is 1. The molecule has 0 amide bonds. The molecule has 2 unspecified atom stereocenters. The maximum Gasteiger partial charge on any atom is 0.243 e. The maximum atomic E-state index is 13.8. The van der Waals surface area contributed by atoms with Crippen LogP contribution in [0.1, 0.15) is 20.3 Å². The van der Waals surface area contributed by atoms with E-state index in [1.54, 1.807) is 13.8 Å². The minimum Gasteiger partial charge on any atom is -0.398 e. The zero-order chi connectivity index (χ0) is 15.3. The molecule has 0 heterocycles. The molecule has 0 aliphatic heterocycles. The van der Waals surface area contributed by atoms with Crippen LogP contribution in [0, 0.1) is 11.2 Å². The van der Waals surface area contributed by atoms with Gasteiger partial charge in [-0.3, -0.25) is 0 Å². The van der Waals surface area contributed by atoms with Crippen molar-refractivity contribution in [3.63, 3.8) is 0 Å². The van der Waals surface area contributed by atoms with Crippen molar-refractivity contribution >= 4 is 31.6 Å². The molecular weight excluding hydrogens is 351 g/mol. The highest BCUT2D eigenvalue weighted by Gasteiger charge is 2.49. The monoisotopic (exact) mass is 366 g/mol. The molecule has 20 heavy (non-hydrogen) atoms. The summed E-state index contributed by atoms with van der Waals surface area (Å²) >= 11 is 3.04. The lowest BCUT2D eigenvalue weighted by atomic mass is 9.65. The van der Waals surface area contributed by atoms with Crippen LogP contribution in [0.3, 0.4) is 0 Å². The number of nitrogen functional groups attached to an aromatic ring is 1. The van der Waals surface area contributed by atoms with Crippen LogP contribution in [0.5, 0.6) is 0 Å². The number of aliphatic hydroxyl groups excluding tert-OH is 1. The summed E-state index contributed by atoms with van der Waals surface area (Å²) in [7, 11) is -4.02. The molecule has 5 nitrogen and oxygen atoms in total. The Kier molecular flexibility index (Phi) is 3.87. The van der Waals surface area contributed by atoms with E-state index in [-0.39, 0.29) is 5.69 Å². The van der Waals surface area contributed by atoms with E-state index in [2.05, 4.69) is 20.7 Å².